The van der Waals surface area contributed by atoms with Gasteiger partial charge in [-0.25, -0.2) is 16.8 Å². The van der Waals surface area contributed by atoms with E-state index in [1.807, 2.05) is 11.8 Å². The largest absolute Gasteiger partial charge is 0.427 e. The van der Waals surface area contributed by atoms with Crippen LogP contribution in [0.2, 0.25) is 0 Å². The zero-order valence-electron chi connectivity index (χ0n) is 14.3. The number of anilines is 1. The predicted octanol–water partition coefficient (Wildman–Crippen LogP) is 1.20. The van der Waals surface area contributed by atoms with Crippen molar-refractivity contribution in [3.63, 3.8) is 0 Å². The molecule has 0 aliphatic carbocycles. The average Bonchev–Trinajstić information content (AvgIpc) is 2.54. The Hall–Kier alpha value is -1.61. The second kappa shape index (κ2) is 11.9. The van der Waals surface area contributed by atoms with Gasteiger partial charge in [-0.3, -0.25) is 4.79 Å². The Morgan fingerprint density at radius 3 is 1.92 bits per heavy atom. The van der Waals surface area contributed by atoms with E-state index < -0.39 is 21.4 Å². The number of benzene rings is 1. The maximum absolute atomic E-state index is 11.5. The monoisotopic (exact) mass is 391 g/mol. The number of hydrogen-bond donors (Lipinski definition) is 2. The zero-order chi connectivity index (χ0) is 18.7. The lowest BCUT2D eigenvalue weighted by molar-refractivity contribution is -0.134. The summed E-state index contributed by atoms with van der Waals surface area (Å²) in [6.45, 7) is 2.91. The van der Waals surface area contributed by atoms with E-state index in [2.05, 4.69) is 0 Å². The maximum atomic E-state index is 11.5. The first-order valence-electron chi connectivity index (χ1n) is 8.21. The van der Waals surface area contributed by atoms with Gasteiger partial charge in [-0.15, -0.1) is 0 Å². The van der Waals surface area contributed by atoms with Gasteiger partial charge in [0.05, 0.1) is 0 Å². The topological polar surface area (TPSA) is 97.8 Å². The van der Waals surface area contributed by atoms with Crippen LogP contribution in [0, 0.1) is 0 Å². The van der Waals surface area contributed by atoms with Crippen molar-refractivity contribution in [3.8, 4) is 5.75 Å². The third-order valence-corrected chi connectivity index (χ3v) is 4.79. The van der Waals surface area contributed by atoms with Gasteiger partial charge in [-0.05, 0) is 43.5 Å². The molecule has 0 heterocycles. The lowest BCUT2D eigenvalue weighted by atomic mass is 10.2. The summed E-state index contributed by atoms with van der Waals surface area (Å²) in [6, 6.07) is 6.92. The summed E-state index contributed by atoms with van der Waals surface area (Å²) in [7, 11) is -4.85. The summed E-state index contributed by atoms with van der Waals surface area (Å²) >= 11 is 0. The van der Waals surface area contributed by atoms with Crippen LogP contribution in [-0.2, 0) is 26.2 Å². The Morgan fingerprint density at radius 1 is 0.960 bits per heavy atom. The van der Waals surface area contributed by atoms with Crippen LogP contribution in [0.25, 0.3) is 0 Å². The van der Waals surface area contributed by atoms with Crippen LogP contribution in [0.15, 0.2) is 24.3 Å². The van der Waals surface area contributed by atoms with Gasteiger partial charge in [-0.2, -0.15) is 0 Å². The lowest BCUT2D eigenvalue weighted by Crippen LogP contribution is -2.27. The Bertz CT molecular complexity index is 638. The van der Waals surface area contributed by atoms with Gasteiger partial charge in [-0.1, -0.05) is 6.92 Å². The molecule has 0 fully saturated rings. The molecule has 0 unspecified atom stereocenters. The maximum Gasteiger partial charge on any atom is 0.311 e. The zero-order valence-corrected chi connectivity index (χ0v) is 16.0. The SMILES string of the molecule is CCCC(=O)Oc1ccc(N(CCC[SH](=O)=O)CCC[SH](=O)=O)cc1. The van der Waals surface area contributed by atoms with Crippen LogP contribution in [0.1, 0.15) is 32.6 Å². The van der Waals surface area contributed by atoms with Gasteiger partial charge < -0.3 is 9.64 Å². The van der Waals surface area contributed by atoms with E-state index >= 15 is 0 Å². The molecule has 7 nitrogen and oxygen atoms in total. The van der Waals surface area contributed by atoms with Crippen molar-refractivity contribution in [3.05, 3.63) is 24.3 Å². The Balaban J connectivity index is 2.72. The van der Waals surface area contributed by atoms with Crippen LogP contribution in [0.4, 0.5) is 5.69 Å². The van der Waals surface area contributed by atoms with Gasteiger partial charge in [0.25, 0.3) is 0 Å². The van der Waals surface area contributed by atoms with E-state index in [0.717, 1.165) is 5.69 Å². The summed E-state index contributed by atoms with van der Waals surface area (Å²) in [4.78, 5) is 13.4. The second-order valence-electron chi connectivity index (χ2n) is 5.52. The van der Waals surface area contributed by atoms with E-state index in [1.165, 1.54) is 0 Å². The molecule has 1 aromatic carbocycles. The number of thiol groups is 2. The van der Waals surface area contributed by atoms with Gasteiger partial charge in [0, 0.05) is 36.7 Å². The standard InChI is InChI=1S/C16H25NO6S2/c1-2-5-16(18)23-15-8-6-14(7-9-15)17(10-3-12-24(19)20)11-4-13-25(21)22/h6-9,24-25H,2-5,10-13H2,1H3. The quantitative estimate of drug-likeness (QED) is 0.314. The molecular formula is C16H25NO6S2. The third-order valence-electron chi connectivity index (χ3n) is 3.43. The van der Waals surface area contributed by atoms with E-state index in [1.54, 1.807) is 24.3 Å². The number of ether oxygens (including phenoxy) is 1. The minimum absolute atomic E-state index is 0.0916. The van der Waals surface area contributed by atoms with Crippen LogP contribution in [0.5, 0.6) is 5.75 Å². The van der Waals surface area contributed by atoms with E-state index in [4.69, 9.17) is 4.74 Å². The smallest absolute Gasteiger partial charge is 0.311 e. The molecule has 9 heteroatoms. The van der Waals surface area contributed by atoms with E-state index in [9.17, 15) is 21.6 Å². The first-order chi connectivity index (χ1) is 11.9. The molecule has 0 amide bonds. The lowest BCUT2D eigenvalue weighted by Gasteiger charge is -2.24. The van der Waals surface area contributed by atoms with Gasteiger partial charge >= 0.3 is 5.97 Å². The van der Waals surface area contributed by atoms with Crippen LogP contribution < -0.4 is 9.64 Å². The number of nitrogens with zero attached hydrogens (tertiary/aromatic N) is 1. The summed E-state index contributed by atoms with van der Waals surface area (Å²) in [5.41, 5.74) is 0.831. The molecule has 1 aromatic rings. The fraction of sp³-hybridized carbons (Fsp3) is 0.562. The fourth-order valence-corrected chi connectivity index (χ4v) is 3.06. The first kappa shape index (κ1) is 21.4. The second-order valence-corrected chi connectivity index (χ2v) is 7.75. The Labute approximate surface area is 151 Å². The van der Waals surface area contributed by atoms with Crippen molar-refractivity contribution in [2.75, 3.05) is 29.5 Å². The highest BCUT2D eigenvalue weighted by Gasteiger charge is 2.09. The molecule has 0 bridgehead atoms. The Kier molecular flexibility index (Phi) is 10.2. The highest BCUT2D eigenvalue weighted by Crippen LogP contribution is 2.20. The minimum Gasteiger partial charge on any atom is -0.427 e. The van der Waals surface area contributed by atoms with Crippen LogP contribution in [0.3, 0.4) is 0 Å². The van der Waals surface area contributed by atoms with Crippen molar-refractivity contribution in [2.45, 2.75) is 32.6 Å². The summed E-state index contributed by atoms with van der Waals surface area (Å²) < 4.78 is 48.0. The van der Waals surface area contributed by atoms with Gasteiger partial charge in [0.1, 0.15) is 27.2 Å². The molecule has 25 heavy (non-hydrogen) atoms. The molecule has 0 radical (unpaired) electrons. The number of carbonyl (C=O) groups excluding carboxylic acids is 1. The molecule has 0 aliphatic heterocycles. The van der Waals surface area contributed by atoms with Gasteiger partial charge in [0.2, 0.25) is 0 Å². The highest BCUT2D eigenvalue weighted by atomic mass is 32.2. The molecule has 0 atom stereocenters. The third kappa shape index (κ3) is 9.45. The first-order valence-corrected chi connectivity index (χ1v) is 10.9. The van der Waals surface area contributed by atoms with Crippen molar-refractivity contribution in [2.24, 2.45) is 0 Å². The number of hydrogen-bond acceptors (Lipinski definition) is 7. The molecule has 0 aliphatic rings. The summed E-state index contributed by atoms with van der Waals surface area (Å²) in [5, 5.41) is 0. The van der Waals surface area contributed by atoms with E-state index in [-0.39, 0.29) is 17.5 Å². The van der Waals surface area contributed by atoms with Crippen molar-refractivity contribution < 1.29 is 26.4 Å². The number of rotatable bonds is 12. The van der Waals surface area contributed by atoms with Crippen molar-refractivity contribution in [1.29, 1.82) is 0 Å². The predicted molar refractivity (Wildman–Crippen MR) is 98.8 cm³/mol. The normalized spacial score (nSPS) is 11.0. The number of carbonyl (C=O) groups is 1. The van der Waals surface area contributed by atoms with Crippen molar-refractivity contribution >= 4 is 33.1 Å². The van der Waals surface area contributed by atoms with Crippen molar-refractivity contribution in [1.82, 2.24) is 0 Å². The molecule has 0 saturated heterocycles. The molecule has 142 valence electrons. The minimum atomic E-state index is -2.42. The van der Waals surface area contributed by atoms with E-state index in [0.29, 0.717) is 44.5 Å². The molecule has 0 saturated carbocycles. The fourth-order valence-electron chi connectivity index (χ4n) is 2.26. The molecule has 0 aromatic heterocycles. The molecule has 0 spiro atoms. The highest BCUT2D eigenvalue weighted by molar-refractivity contribution is 7.72. The molecule has 0 N–H and O–H groups in total. The summed E-state index contributed by atoms with van der Waals surface area (Å²) in [5.74, 6) is 0.348. The summed E-state index contributed by atoms with van der Waals surface area (Å²) in [6.07, 6.45) is 2.01. The van der Waals surface area contributed by atoms with Crippen LogP contribution in [-0.4, -0.2) is 47.4 Å². The Morgan fingerprint density at radius 2 is 1.48 bits per heavy atom. The van der Waals surface area contributed by atoms with Gasteiger partial charge in [0.15, 0.2) is 0 Å². The van der Waals surface area contributed by atoms with Crippen LogP contribution >= 0.6 is 0 Å². The number of esters is 1. The molecule has 1 rings (SSSR count). The average molecular weight is 392 g/mol. The molecular weight excluding hydrogens is 366 g/mol.